The first kappa shape index (κ1) is 20.1. The van der Waals surface area contributed by atoms with Gasteiger partial charge in [-0.05, 0) is 43.2 Å². The van der Waals surface area contributed by atoms with E-state index < -0.39 is 18.0 Å². The molecule has 0 aromatic heterocycles. The van der Waals surface area contributed by atoms with E-state index in [2.05, 4.69) is 5.32 Å². The molecule has 0 heterocycles. The van der Waals surface area contributed by atoms with Crippen LogP contribution in [0, 0.1) is 6.92 Å². The zero-order valence-electron chi connectivity index (χ0n) is 16.6. The standard InChI is InChI=1S/C24H23NO4/c1-16-13-14-19(15-22(16)28-3)24(27)29-17(2)23(26)25-21-12-8-7-11-20(21)18-9-5-4-6-10-18/h4-15,17H,1-3H3,(H,25,26)/t17-/m0/s1. The summed E-state index contributed by atoms with van der Waals surface area (Å²) < 4.78 is 10.6. The average molecular weight is 389 g/mol. The minimum atomic E-state index is -0.960. The first-order valence-electron chi connectivity index (χ1n) is 9.30. The minimum Gasteiger partial charge on any atom is -0.496 e. The van der Waals surface area contributed by atoms with Gasteiger partial charge in [-0.15, -0.1) is 0 Å². The lowest BCUT2D eigenvalue weighted by Gasteiger charge is -2.16. The maximum Gasteiger partial charge on any atom is 0.339 e. The van der Waals surface area contributed by atoms with E-state index in [1.807, 2.05) is 61.5 Å². The highest BCUT2D eigenvalue weighted by Crippen LogP contribution is 2.27. The van der Waals surface area contributed by atoms with Crippen LogP contribution in [0.5, 0.6) is 5.75 Å². The number of rotatable bonds is 6. The number of methoxy groups -OCH3 is 1. The molecule has 0 unspecified atom stereocenters. The maximum atomic E-state index is 12.6. The molecular formula is C24H23NO4. The van der Waals surface area contributed by atoms with Crippen LogP contribution < -0.4 is 10.1 Å². The van der Waals surface area contributed by atoms with Crippen molar-refractivity contribution in [3.05, 3.63) is 83.9 Å². The number of hydrogen-bond acceptors (Lipinski definition) is 4. The number of aryl methyl sites for hydroxylation is 1. The molecule has 0 spiro atoms. The van der Waals surface area contributed by atoms with Gasteiger partial charge in [-0.25, -0.2) is 4.79 Å². The van der Waals surface area contributed by atoms with Crippen molar-refractivity contribution < 1.29 is 19.1 Å². The van der Waals surface area contributed by atoms with Crippen LogP contribution in [0.3, 0.4) is 0 Å². The van der Waals surface area contributed by atoms with E-state index in [1.165, 1.54) is 7.11 Å². The lowest BCUT2D eigenvalue weighted by molar-refractivity contribution is -0.123. The highest BCUT2D eigenvalue weighted by atomic mass is 16.5. The van der Waals surface area contributed by atoms with Crippen molar-refractivity contribution in [3.63, 3.8) is 0 Å². The van der Waals surface area contributed by atoms with Gasteiger partial charge < -0.3 is 14.8 Å². The lowest BCUT2D eigenvalue weighted by atomic mass is 10.0. The van der Waals surface area contributed by atoms with Crippen molar-refractivity contribution in [3.8, 4) is 16.9 Å². The van der Waals surface area contributed by atoms with Crippen molar-refractivity contribution in [1.29, 1.82) is 0 Å². The number of nitrogens with one attached hydrogen (secondary N) is 1. The molecule has 5 nitrogen and oxygen atoms in total. The summed E-state index contributed by atoms with van der Waals surface area (Å²) in [5.41, 5.74) is 3.77. The molecule has 0 aliphatic heterocycles. The molecule has 1 amide bonds. The fourth-order valence-corrected chi connectivity index (χ4v) is 2.93. The van der Waals surface area contributed by atoms with Gasteiger partial charge in [-0.2, -0.15) is 0 Å². The summed E-state index contributed by atoms with van der Waals surface area (Å²) in [6.45, 7) is 3.43. The van der Waals surface area contributed by atoms with E-state index in [9.17, 15) is 9.59 Å². The van der Waals surface area contributed by atoms with Crippen LogP contribution >= 0.6 is 0 Å². The van der Waals surface area contributed by atoms with E-state index in [-0.39, 0.29) is 0 Å². The number of hydrogen-bond donors (Lipinski definition) is 1. The Morgan fingerprint density at radius 2 is 1.62 bits per heavy atom. The highest BCUT2D eigenvalue weighted by molar-refractivity contribution is 6.00. The smallest absolute Gasteiger partial charge is 0.339 e. The predicted octanol–water partition coefficient (Wildman–Crippen LogP) is 4.85. The monoisotopic (exact) mass is 389 g/mol. The van der Waals surface area contributed by atoms with E-state index in [4.69, 9.17) is 9.47 Å². The Morgan fingerprint density at radius 3 is 2.34 bits per heavy atom. The summed E-state index contributed by atoms with van der Waals surface area (Å²) in [6, 6.07) is 22.3. The Labute approximate surface area is 170 Å². The van der Waals surface area contributed by atoms with E-state index in [1.54, 1.807) is 25.1 Å². The molecule has 5 heteroatoms. The van der Waals surface area contributed by atoms with Crippen LogP contribution in [-0.2, 0) is 9.53 Å². The summed E-state index contributed by atoms with van der Waals surface area (Å²) in [5.74, 6) is -0.392. The Kier molecular flexibility index (Phi) is 6.29. The molecule has 3 rings (SSSR count). The lowest BCUT2D eigenvalue weighted by Crippen LogP contribution is -2.30. The first-order chi connectivity index (χ1) is 14.0. The average Bonchev–Trinajstić information content (AvgIpc) is 2.75. The largest absolute Gasteiger partial charge is 0.496 e. The second-order valence-corrected chi connectivity index (χ2v) is 6.63. The number of benzene rings is 3. The van der Waals surface area contributed by atoms with Gasteiger partial charge in [0.05, 0.1) is 12.7 Å². The molecule has 0 saturated carbocycles. The number of amides is 1. The molecule has 1 N–H and O–H groups in total. The third kappa shape index (κ3) is 4.82. The van der Waals surface area contributed by atoms with Gasteiger partial charge in [-0.3, -0.25) is 4.79 Å². The van der Waals surface area contributed by atoms with Crippen LogP contribution in [0.2, 0.25) is 0 Å². The Morgan fingerprint density at radius 1 is 0.931 bits per heavy atom. The normalized spacial score (nSPS) is 11.4. The van der Waals surface area contributed by atoms with Gasteiger partial charge in [0.15, 0.2) is 6.10 Å². The third-order valence-electron chi connectivity index (χ3n) is 4.57. The molecule has 0 saturated heterocycles. The number of carbonyl (C=O) groups is 2. The van der Waals surface area contributed by atoms with Gasteiger partial charge in [0, 0.05) is 11.3 Å². The Bertz CT molecular complexity index is 1010. The molecule has 0 aliphatic rings. The molecule has 3 aromatic rings. The van der Waals surface area contributed by atoms with Crippen molar-refractivity contribution in [1.82, 2.24) is 0 Å². The van der Waals surface area contributed by atoms with Crippen LogP contribution in [0.1, 0.15) is 22.8 Å². The van der Waals surface area contributed by atoms with Crippen molar-refractivity contribution in [2.45, 2.75) is 20.0 Å². The molecule has 29 heavy (non-hydrogen) atoms. The van der Waals surface area contributed by atoms with Crippen LogP contribution in [0.15, 0.2) is 72.8 Å². The predicted molar refractivity (Wildman–Crippen MR) is 113 cm³/mol. The SMILES string of the molecule is COc1cc(C(=O)O[C@@H](C)C(=O)Nc2ccccc2-c2ccccc2)ccc1C. The van der Waals surface area contributed by atoms with Crippen LogP contribution in [0.4, 0.5) is 5.69 Å². The zero-order valence-corrected chi connectivity index (χ0v) is 16.6. The highest BCUT2D eigenvalue weighted by Gasteiger charge is 2.20. The third-order valence-corrected chi connectivity index (χ3v) is 4.57. The summed E-state index contributed by atoms with van der Waals surface area (Å²) in [6.07, 6.45) is -0.960. The minimum absolute atomic E-state index is 0.330. The van der Waals surface area contributed by atoms with E-state index in [0.717, 1.165) is 16.7 Å². The van der Waals surface area contributed by atoms with Gasteiger partial charge in [-0.1, -0.05) is 54.6 Å². The zero-order chi connectivity index (χ0) is 20.8. The fourth-order valence-electron chi connectivity index (χ4n) is 2.93. The Balaban J connectivity index is 1.71. The molecule has 3 aromatic carbocycles. The molecule has 0 radical (unpaired) electrons. The fraction of sp³-hybridized carbons (Fsp3) is 0.167. The molecule has 0 bridgehead atoms. The van der Waals surface area contributed by atoms with Crippen LogP contribution in [0.25, 0.3) is 11.1 Å². The number of para-hydroxylation sites is 1. The number of ether oxygens (including phenoxy) is 2. The summed E-state index contributed by atoms with van der Waals surface area (Å²) in [7, 11) is 1.54. The van der Waals surface area contributed by atoms with E-state index >= 15 is 0 Å². The van der Waals surface area contributed by atoms with Gasteiger partial charge in [0.1, 0.15) is 5.75 Å². The van der Waals surface area contributed by atoms with E-state index in [0.29, 0.717) is 17.0 Å². The molecule has 148 valence electrons. The summed E-state index contributed by atoms with van der Waals surface area (Å²) in [4.78, 5) is 25.0. The number of esters is 1. The van der Waals surface area contributed by atoms with Crippen molar-refractivity contribution in [2.75, 3.05) is 12.4 Å². The molecule has 0 fully saturated rings. The summed E-state index contributed by atoms with van der Waals surface area (Å²) in [5, 5.41) is 2.86. The first-order valence-corrected chi connectivity index (χ1v) is 9.30. The second-order valence-electron chi connectivity index (χ2n) is 6.63. The summed E-state index contributed by atoms with van der Waals surface area (Å²) >= 11 is 0. The second kappa shape index (κ2) is 9.06. The topological polar surface area (TPSA) is 64.6 Å². The number of carbonyl (C=O) groups excluding carboxylic acids is 2. The molecule has 0 aliphatic carbocycles. The van der Waals surface area contributed by atoms with Gasteiger partial charge in [0.25, 0.3) is 5.91 Å². The Hall–Kier alpha value is -3.60. The maximum absolute atomic E-state index is 12.6. The number of anilines is 1. The van der Waals surface area contributed by atoms with Gasteiger partial charge >= 0.3 is 5.97 Å². The van der Waals surface area contributed by atoms with Gasteiger partial charge in [0.2, 0.25) is 0 Å². The quantitative estimate of drug-likeness (QED) is 0.612. The van der Waals surface area contributed by atoms with Crippen molar-refractivity contribution >= 4 is 17.6 Å². The van der Waals surface area contributed by atoms with Crippen molar-refractivity contribution in [2.24, 2.45) is 0 Å². The molecule has 1 atom stereocenters. The molecular weight excluding hydrogens is 366 g/mol. The van der Waals surface area contributed by atoms with Crippen LogP contribution in [-0.4, -0.2) is 25.1 Å².